The third-order valence-corrected chi connectivity index (χ3v) is 6.11. The monoisotopic (exact) mass is 417 g/mol. The molecule has 1 aliphatic rings. The minimum atomic E-state index is -4.43. The van der Waals surface area contributed by atoms with Crippen molar-refractivity contribution in [2.24, 2.45) is 0 Å². The highest BCUT2D eigenvalue weighted by atomic mass is 32.1. The van der Waals surface area contributed by atoms with Gasteiger partial charge in [-0.15, -0.1) is 11.3 Å². The predicted octanol–water partition coefficient (Wildman–Crippen LogP) is 5.56. The maximum atomic E-state index is 13.2. The fourth-order valence-electron chi connectivity index (χ4n) is 3.65. The zero-order chi connectivity index (χ0) is 20.6. The number of benzene rings is 2. The van der Waals surface area contributed by atoms with Gasteiger partial charge in [0.2, 0.25) is 0 Å². The Morgan fingerprint density at radius 1 is 1.07 bits per heavy atom. The standard InChI is InChI=1S/C22H18F3NO2S/c1-28-17-8-4-14(5-9-17)20-18-11-13-29-19(18)10-12-26(20)21(27)15-2-6-16(7-3-15)22(23,24)25/h2-9,11,13,20H,10,12H2,1H3/t20-/m1/s1. The molecule has 1 aromatic heterocycles. The summed E-state index contributed by atoms with van der Waals surface area (Å²) in [4.78, 5) is 16.2. The number of nitrogens with zero attached hydrogens (tertiary/aromatic N) is 1. The minimum absolute atomic E-state index is 0.246. The zero-order valence-corrected chi connectivity index (χ0v) is 16.4. The first-order valence-corrected chi connectivity index (χ1v) is 9.95. The van der Waals surface area contributed by atoms with Gasteiger partial charge in [0.05, 0.1) is 18.7 Å². The SMILES string of the molecule is COc1ccc([C@@H]2c3ccsc3CCN2C(=O)c2ccc(C(F)(F)F)cc2)cc1. The maximum absolute atomic E-state index is 13.2. The average molecular weight is 417 g/mol. The van der Waals surface area contributed by atoms with Gasteiger partial charge in [-0.3, -0.25) is 4.79 Å². The van der Waals surface area contributed by atoms with Crippen molar-refractivity contribution < 1.29 is 22.7 Å². The summed E-state index contributed by atoms with van der Waals surface area (Å²) in [6.07, 6.45) is -3.70. The molecule has 3 aromatic rings. The van der Waals surface area contributed by atoms with E-state index >= 15 is 0 Å². The molecule has 4 rings (SSSR count). The molecular weight excluding hydrogens is 399 g/mol. The Morgan fingerprint density at radius 3 is 2.38 bits per heavy atom. The van der Waals surface area contributed by atoms with E-state index in [4.69, 9.17) is 4.74 Å². The van der Waals surface area contributed by atoms with Crippen molar-refractivity contribution in [3.05, 3.63) is 87.1 Å². The van der Waals surface area contributed by atoms with Crippen molar-refractivity contribution in [3.8, 4) is 5.75 Å². The van der Waals surface area contributed by atoms with Crippen LogP contribution in [0, 0.1) is 0 Å². The lowest BCUT2D eigenvalue weighted by atomic mass is 9.92. The van der Waals surface area contributed by atoms with E-state index in [1.807, 2.05) is 35.7 Å². The molecule has 29 heavy (non-hydrogen) atoms. The summed E-state index contributed by atoms with van der Waals surface area (Å²) in [7, 11) is 1.59. The Balaban J connectivity index is 1.70. The van der Waals surface area contributed by atoms with Crippen LogP contribution in [0.5, 0.6) is 5.75 Å². The number of alkyl halides is 3. The summed E-state index contributed by atoms with van der Waals surface area (Å²) in [5, 5.41) is 2.01. The van der Waals surface area contributed by atoms with Gasteiger partial charge in [-0.1, -0.05) is 12.1 Å². The molecular formula is C22H18F3NO2S. The highest BCUT2D eigenvalue weighted by Crippen LogP contribution is 2.39. The number of thiophene rings is 1. The van der Waals surface area contributed by atoms with Crippen molar-refractivity contribution in [1.29, 1.82) is 0 Å². The van der Waals surface area contributed by atoms with Crippen molar-refractivity contribution in [2.75, 3.05) is 13.7 Å². The van der Waals surface area contributed by atoms with Gasteiger partial charge in [-0.25, -0.2) is 0 Å². The lowest BCUT2D eigenvalue weighted by Gasteiger charge is -2.36. The van der Waals surface area contributed by atoms with E-state index in [1.165, 1.54) is 17.0 Å². The quantitative estimate of drug-likeness (QED) is 0.558. The van der Waals surface area contributed by atoms with E-state index in [0.29, 0.717) is 6.54 Å². The fourth-order valence-corrected chi connectivity index (χ4v) is 4.55. The molecule has 2 heterocycles. The maximum Gasteiger partial charge on any atom is 0.416 e. The van der Waals surface area contributed by atoms with Crippen LogP contribution in [-0.2, 0) is 12.6 Å². The van der Waals surface area contributed by atoms with Crippen LogP contribution in [0.4, 0.5) is 13.2 Å². The number of methoxy groups -OCH3 is 1. The van der Waals surface area contributed by atoms with Gasteiger partial charge in [0, 0.05) is 17.0 Å². The lowest BCUT2D eigenvalue weighted by molar-refractivity contribution is -0.137. The Labute approximate surface area is 170 Å². The van der Waals surface area contributed by atoms with E-state index in [0.717, 1.165) is 35.4 Å². The molecule has 0 aliphatic carbocycles. The largest absolute Gasteiger partial charge is 0.497 e. The van der Waals surface area contributed by atoms with Crippen molar-refractivity contribution >= 4 is 17.2 Å². The normalized spacial score (nSPS) is 16.4. The molecule has 0 saturated carbocycles. The summed E-state index contributed by atoms with van der Waals surface area (Å²) in [6, 6.07) is 13.7. The first kappa shape index (κ1) is 19.5. The first-order chi connectivity index (χ1) is 13.9. The highest BCUT2D eigenvalue weighted by Gasteiger charge is 2.34. The first-order valence-electron chi connectivity index (χ1n) is 9.07. The molecule has 3 nitrogen and oxygen atoms in total. The van der Waals surface area contributed by atoms with Crippen LogP contribution >= 0.6 is 11.3 Å². The van der Waals surface area contributed by atoms with Crippen LogP contribution in [0.3, 0.4) is 0 Å². The molecule has 7 heteroatoms. The Hall–Kier alpha value is -2.80. The summed E-state index contributed by atoms with van der Waals surface area (Å²) >= 11 is 1.66. The smallest absolute Gasteiger partial charge is 0.416 e. The van der Waals surface area contributed by atoms with Crippen LogP contribution in [0.15, 0.2) is 60.0 Å². The minimum Gasteiger partial charge on any atom is -0.497 e. The van der Waals surface area contributed by atoms with Gasteiger partial charge >= 0.3 is 6.18 Å². The number of amides is 1. The van der Waals surface area contributed by atoms with E-state index in [1.54, 1.807) is 23.3 Å². The lowest BCUT2D eigenvalue weighted by Crippen LogP contribution is -2.40. The topological polar surface area (TPSA) is 29.5 Å². The Bertz CT molecular complexity index is 1010. The fraction of sp³-hybridized carbons (Fsp3) is 0.227. The molecule has 0 unspecified atom stereocenters. The number of carbonyl (C=O) groups excluding carboxylic acids is 1. The molecule has 0 spiro atoms. The molecule has 1 amide bonds. The Kier molecular flexibility index (Phi) is 5.08. The molecule has 1 aliphatic heterocycles. The number of ether oxygens (including phenoxy) is 1. The number of rotatable bonds is 3. The summed E-state index contributed by atoms with van der Waals surface area (Å²) in [5.41, 5.74) is 1.48. The molecule has 150 valence electrons. The number of hydrogen-bond acceptors (Lipinski definition) is 3. The molecule has 0 bridgehead atoms. The molecule has 0 fully saturated rings. The highest BCUT2D eigenvalue weighted by molar-refractivity contribution is 7.10. The second kappa shape index (κ2) is 7.55. The van der Waals surface area contributed by atoms with Gasteiger partial charge in [0.15, 0.2) is 0 Å². The van der Waals surface area contributed by atoms with Gasteiger partial charge in [0.1, 0.15) is 5.75 Å². The van der Waals surface area contributed by atoms with Crippen LogP contribution < -0.4 is 4.74 Å². The van der Waals surface area contributed by atoms with Crippen molar-refractivity contribution in [1.82, 2.24) is 4.90 Å². The molecule has 0 radical (unpaired) electrons. The number of halogens is 3. The molecule has 1 atom stereocenters. The average Bonchev–Trinajstić information content (AvgIpc) is 3.21. The molecule has 2 aromatic carbocycles. The van der Waals surface area contributed by atoms with Gasteiger partial charge in [-0.05, 0) is 65.4 Å². The number of hydrogen-bond donors (Lipinski definition) is 0. The van der Waals surface area contributed by atoms with Gasteiger partial charge in [-0.2, -0.15) is 13.2 Å². The van der Waals surface area contributed by atoms with Crippen LogP contribution in [0.25, 0.3) is 0 Å². The predicted molar refractivity (Wildman–Crippen MR) is 105 cm³/mol. The molecule has 0 N–H and O–H groups in total. The van der Waals surface area contributed by atoms with Gasteiger partial charge < -0.3 is 9.64 Å². The zero-order valence-electron chi connectivity index (χ0n) is 15.6. The van der Waals surface area contributed by atoms with E-state index in [9.17, 15) is 18.0 Å². The van der Waals surface area contributed by atoms with Crippen LogP contribution in [-0.4, -0.2) is 24.5 Å². The summed E-state index contributed by atoms with van der Waals surface area (Å²) < 4.78 is 43.8. The van der Waals surface area contributed by atoms with Gasteiger partial charge in [0.25, 0.3) is 5.91 Å². The number of carbonyl (C=O) groups is 1. The second-order valence-corrected chi connectivity index (χ2v) is 7.80. The van der Waals surface area contributed by atoms with E-state index in [-0.39, 0.29) is 17.5 Å². The van der Waals surface area contributed by atoms with E-state index < -0.39 is 11.7 Å². The number of fused-ring (bicyclic) bond motifs is 1. The Morgan fingerprint density at radius 2 is 1.76 bits per heavy atom. The van der Waals surface area contributed by atoms with Crippen molar-refractivity contribution in [2.45, 2.75) is 18.6 Å². The summed E-state index contributed by atoms with van der Waals surface area (Å²) in [5.74, 6) is 0.437. The van der Waals surface area contributed by atoms with E-state index in [2.05, 4.69) is 0 Å². The van der Waals surface area contributed by atoms with Crippen molar-refractivity contribution in [3.63, 3.8) is 0 Å². The molecule has 0 saturated heterocycles. The third kappa shape index (κ3) is 3.74. The summed E-state index contributed by atoms with van der Waals surface area (Å²) in [6.45, 7) is 0.504. The second-order valence-electron chi connectivity index (χ2n) is 6.80. The van der Waals surface area contributed by atoms with Crippen LogP contribution in [0.1, 0.15) is 38.0 Å². The van der Waals surface area contributed by atoms with Crippen LogP contribution in [0.2, 0.25) is 0 Å². The third-order valence-electron chi connectivity index (χ3n) is 5.12.